The molecule has 0 bridgehead atoms. The van der Waals surface area contributed by atoms with E-state index in [4.69, 9.17) is 11.6 Å². The molecule has 1 atom stereocenters. The summed E-state index contributed by atoms with van der Waals surface area (Å²) in [5.74, 6) is 0. The number of anilines is 1. The van der Waals surface area contributed by atoms with E-state index < -0.39 is 0 Å². The molecule has 1 aromatic heterocycles. The number of hydrogen-bond donors (Lipinski definition) is 1. The van der Waals surface area contributed by atoms with Gasteiger partial charge in [0.05, 0.1) is 16.4 Å². The zero-order chi connectivity index (χ0) is 13.8. The molecule has 0 amide bonds. The number of nitrogens with one attached hydrogen (secondary N) is 1. The maximum absolute atomic E-state index is 5.91. The second kappa shape index (κ2) is 6.91. The molecule has 2 heterocycles. The average molecular weight is 347 g/mol. The summed E-state index contributed by atoms with van der Waals surface area (Å²) >= 11 is 9.32. The highest BCUT2D eigenvalue weighted by Crippen LogP contribution is 2.24. The van der Waals surface area contributed by atoms with Crippen LogP contribution in [0.4, 0.5) is 5.69 Å². The normalized spacial score (nSPS) is 21.4. The van der Waals surface area contributed by atoms with Crippen LogP contribution in [0.3, 0.4) is 0 Å². The standard InChI is InChI=1S/C14H21BrClN3/c1-10(2)19-6-3-4-11(5-7-19)18-12-8-13(15)14(16)17-9-12/h8-11,18H,3-7H2,1-2H3. The first-order valence-corrected chi connectivity index (χ1v) is 8.05. The quantitative estimate of drug-likeness (QED) is 0.833. The number of aromatic nitrogens is 1. The second-order valence-electron chi connectivity index (χ2n) is 5.40. The molecule has 3 nitrogen and oxygen atoms in total. The zero-order valence-electron chi connectivity index (χ0n) is 11.5. The minimum absolute atomic E-state index is 0.511. The fourth-order valence-electron chi connectivity index (χ4n) is 2.52. The lowest BCUT2D eigenvalue weighted by atomic mass is 10.1. The van der Waals surface area contributed by atoms with Gasteiger partial charge in [-0.15, -0.1) is 0 Å². The lowest BCUT2D eigenvalue weighted by Gasteiger charge is -2.24. The van der Waals surface area contributed by atoms with Gasteiger partial charge in [-0.2, -0.15) is 0 Å². The van der Waals surface area contributed by atoms with Crippen molar-refractivity contribution in [1.82, 2.24) is 9.88 Å². The van der Waals surface area contributed by atoms with Crippen molar-refractivity contribution in [2.45, 2.75) is 45.2 Å². The van der Waals surface area contributed by atoms with Crippen LogP contribution in [0.1, 0.15) is 33.1 Å². The number of likely N-dealkylation sites (tertiary alicyclic amines) is 1. The second-order valence-corrected chi connectivity index (χ2v) is 6.61. The van der Waals surface area contributed by atoms with Crippen molar-refractivity contribution in [2.75, 3.05) is 18.4 Å². The van der Waals surface area contributed by atoms with E-state index in [1.807, 2.05) is 6.07 Å². The lowest BCUT2D eigenvalue weighted by Crippen LogP contribution is -2.32. The largest absolute Gasteiger partial charge is 0.381 e. The van der Waals surface area contributed by atoms with Crippen LogP contribution in [0.2, 0.25) is 5.15 Å². The summed E-state index contributed by atoms with van der Waals surface area (Å²) in [7, 11) is 0. The molecule has 1 aliphatic rings. The van der Waals surface area contributed by atoms with Gasteiger partial charge in [0.2, 0.25) is 0 Å². The van der Waals surface area contributed by atoms with E-state index in [1.165, 1.54) is 25.8 Å². The van der Waals surface area contributed by atoms with Crippen molar-refractivity contribution >= 4 is 33.2 Å². The summed E-state index contributed by atoms with van der Waals surface area (Å²) < 4.78 is 0.844. The maximum atomic E-state index is 5.91. The molecule has 1 aromatic rings. The molecular weight excluding hydrogens is 326 g/mol. The predicted molar refractivity (Wildman–Crippen MR) is 84.9 cm³/mol. The van der Waals surface area contributed by atoms with Crippen molar-refractivity contribution < 1.29 is 0 Å². The highest BCUT2D eigenvalue weighted by atomic mass is 79.9. The third-order valence-electron chi connectivity index (χ3n) is 3.66. The van der Waals surface area contributed by atoms with Crippen LogP contribution < -0.4 is 5.32 Å². The Bertz CT molecular complexity index is 425. The van der Waals surface area contributed by atoms with Gasteiger partial charge in [0.25, 0.3) is 0 Å². The molecule has 0 spiro atoms. The van der Waals surface area contributed by atoms with E-state index >= 15 is 0 Å². The Morgan fingerprint density at radius 2 is 2.21 bits per heavy atom. The van der Waals surface area contributed by atoms with Crippen molar-refractivity contribution in [3.63, 3.8) is 0 Å². The summed E-state index contributed by atoms with van der Waals surface area (Å²) in [6.45, 7) is 6.91. The Morgan fingerprint density at radius 3 is 2.89 bits per heavy atom. The predicted octanol–water partition coefficient (Wildman–Crippen LogP) is 4.17. The van der Waals surface area contributed by atoms with Gasteiger partial charge in [-0.05, 0) is 61.7 Å². The molecule has 1 fully saturated rings. The minimum Gasteiger partial charge on any atom is -0.381 e. The van der Waals surface area contributed by atoms with Crippen molar-refractivity contribution in [2.24, 2.45) is 0 Å². The molecule has 1 N–H and O–H groups in total. The Kier molecular flexibility index (Phi) is 5.48. The molecule has 0 saturated carbocycles. The van der Waals surface area contributed by atoms with E-state index in [0.29, 0.717) is 17.2 Å². The minimum atomic E-state index is 0.511. The molecule has 0 radical (unpaired) electrons. The Hall–Kier alpha value is -0.320. The third kappa shape index (κ3) is 4.33. The number of nitrogens with zero attached hydrogens (tertiary/aromatic N) is 2. The molecule has 1 aliphatic heterocycles. The van der Waals surface area contributed by atoms with Crippen LogP contribution in [0.5, 0.6) is 0 Å². The molecule has 1 saturated heterocycles. The Labute approximate surface area is 128 Å². The lowest BCUT2D eigenvalue weighted by molar-refractivity contribution is 0.230. The highest BCUT2D eigenvalue weighted by molar-refractivity contribution is 9.10. The third-order valence-corrected chi connectivity index (χ3v) is 4.79. The van der Waals surface area contributed by atoms with Gasteiger partial charge in [0.15, 0.2) is 0 Å². The molecule has 19 heavy (non-hydrogen) atoms. The first-order chi connectivity index (χ1) is 9.06. The van der Waals surface area contributed by atoms with Gasteiger partial charge in [-0.1, -0.05) is 11.6 Å². The number of pyridine rings is 1. The van der Waals surface area contributed by atoms with Crippen LogP contribution in [0.25, 0.3) is 0 Å². The van der Waals surface area contributed by atoms with E-state index in [2.05, 4.69) is 45.0 Å². The van der Waals surface area contributed by atoms with Gasteiger partial charge >= 0.3 is 0 Å². The number of halogens is 2. The van der Waals surface area contributed by atoms with Crippen LogP contribution in [0.15, 0.2) is 16.7 Å². The van der Waals surface area contributed by atoms with E-state index in [0.717, 1.165) is 16.7 Å². The summed E-state index contributed by atoms with van der Waals surface area (Å²) in [5, 5.41) is 4.08. The smallest absolute Gasteiger partial charge is 0.143 e. The first kappa shape index (κ1) is 15.1. The fourth-order valence-corrected chi connectivity index (χ4v) is 2.97. The molecule has 2 rings (SSSR count). The molecule has 5 heteroatoms. The van der Waals surface area contributed by atoms with Crippen molar-refractivity contribution in [3.05, 3.63) is 21.9 Å². The van der Waals surface area contributed by atoms with Crippen LogP contribution in [0, 0.1) is 0 Å². The van der Waals surface area contributed by atoms with Gasteiger partial charge in [0.1, 0.15) is 5.15 Å². The Balaban J connectivity index is 1.94. The summed E-state index contributed by atoms with van der Waals surface area (Å²) in [6, 6.07) is 3.17. The zero-order valence-corrected chi connectivity index (χ0v) is 13.8. The van der Waals surface area contributed by atoms with Gasteiger partial charge in [-0.3, -0.25) is 0 Å². The van der Waals surface area contributed by atoms with Crippen molar-refractivity contribution in [1.29, 1.82) is 0 Å². The average Bonchev–Trinajstić information content (AvgIpc) is 2.59. The van der Waals surface area contributed by atoms with Crippen LogP contribution in [-0.2, 0) is 0 Å². The monoisotopic (exact) mass is 345 g/mol. The van der Waals surface area contributed by atoms with Crippen LogP contribution in [-0.4, -0.2) is 35.1 Å². The van der Waals surface area contributed by atoms with E-state index in [-0.39, 0.29) is 0 Å². The SMILES string of the molecule is CC(C)N1CCCC(Nc2cnc(Cl)c(Br)c2)CC1. The Morgan fingerprint density at radius 1 is 1.42 bits per heavy atom. The van der Waals surface area contributed by atoms with Gasteiger partial charge < -0.3 is 10.2 Å². The van der Waals surface area contributed by atoms with Gasteiger partial charge in [0, 0.05) is 18.6 Å². The number of hydrogen-bond acceptors (Lipinski definition) is 3. The molecule has 1 unspecified atom stereocenters. The molecule has 0 aromatic carbocycles. The molecule has 0 aliphatic carbocycles. The fraction of sp³-hybridized carbons (Fsp3) is 0.643. The molecular formula is C14H21BrClN3. The topological polar surface area (TPSA) is 28.2 Å². The first-order valence-electron chi connectivity index (χ1n) is 6.88. The summed E-state index contributed by atoms with van der Waals surface area (Å²) in [4.78, 5) is 6.71. The van der Waals surface area contributed by atoms with E-state index in [9.17, 15) is 0 Å². The maximum Gasteiger partial charge on any atom is 0.143 e. The number of rotatable bonds is 3. The highest BCUT2D eigenvalue weighted by Gasteiger charge is 2.18. The van der Waals surface area contributed by atoms with Crippen LogP contribution >= 0.6 is 27.5 Å². The summed E-state index contributed by atoms with van der Waals surface area (Å²) in [6.07, 6.45) is 5.44. The molecule has 106 valence electrons. The van der Waals surface area contributed by atoms with E-state index in [1.54, 1.807) is 6.20 Å². The van der Waals surface area contributed by atoms with Gasteiger partial charge in [-0.25, -0.2) is 4.98 Å². The van der Waals surface area contributed by atoms with Crippen molar-refractivity contribution in [3.8, 4) is 0 Å². The summed E-state index contributed by atoms with van der Waals surface area (Å²) in [5.41, 5.74) is 1.04.